The molecule has 3 rings (SSSR count). The quantitative estimate of drug-likeness (QED) is 0.0953. The van der Waals surface area contributed by atoms with E-state index < -0.39 is 113 Å². The molecule has 21 nitrogen and oxygen atoms in total. The van der Waals surface area contributed by atoms with Gasteiger partial charge in [-0.05, 0) is 0 Å². The minimum atomic E-state index is -5.64. The molecule has 240 valence electrons. The summed E-state index contributed by atoms with van der Waals surface area (Å²) in [6.45, 7) is -2.61. The number of nitrogens with one attached hydrogen (secondary N) is 1. The summed E-state index contributed by atoms with van der Waals surface area (Å²) in [5, 5.41) is 73.0. The van der Waals surface area contributed by atoms with Gasteiger partial charge in [0, 0.05) is 0 Å². The average molecular weight is 631 g/mol. The first-order chi connectivity index (χ1) is 19.6. The zero-order valence-electron chi connectivity index (χ0n) is 21.6. The number of aliphatic hydroxyl groups is 6. The molecular formula is C20H34N5O16P. The van der Waals surface area contributed by atoms with Crippen LogP contribution in [0.3, 0.4) is 0 Å². The van der Waals surface area contributed by atoms with Crippen LogP contribution in [0.5, 0.6) is 0 Å². The van der Waals surface area contributed by atoms with Gasteiger partial charge in [0.05, 0.1) is 0 Å². The molecule has 2 aliphatic rings. The van der Waals surface area contributed by atoms with E-state index in [1.807, 2.05) is 0 Å². The van der Waals surface area contributed by atoms with Crippen LogP contribution in [0, 0.1) is 0 Å². The number of hydrogen-bond donors (Lipinski definition) is 12. The molecule has 1 aromatic rings. The van der Waals surface area contributed by atoms with Gasteiger partial charge >= 0.3 is 236 Å². The number of ether oxygens (including phenoxy) is 2. The van der Waals surface area contributed by atoms with Crippen LogP contribution in [0.25, 0.3) is 0 Å². The molecule has 0 spiro atoms. The maximum absolute atomic E-state index is 12.2. The molecule has 2 fully saturated rings. The van der Waals surface area contributed by atoms with E-state index >= 15 is 0 Å². The Balaban J connectivity index is 1.79. The zero-order chi connectivity index (χ0) is 31.6. The number of nitrogen functional groups attached to an aromatic ring is 1. The van der Waals surface area contributed by atoms with Crippen LogP contribution >= 0.6 is 8.17 Å². The molecule has 10 atom stereocenters. The summed E-state index contributed by atoms with van der Waals surface area (Å²) in [6, 6.07) is -0.407. The Morgan fingerprint density at radius 3 is 2.50 bits per heavy atom. The molecule has 0 aromatic carbocycles. The third-order valence-electron chi connectivity index (χ3n) is 6.53. The van der Waals surface area contributed by atoms with Gasteiger partial charge in [0.25, 0.3) is 0 Å². The van der Waals surface area contributed by atoms with Crippen molar-refractivity contribution in [1.82, 2.24) is 14.9 Å². The molecule has 2 aliphatic heterocycles. The number of carbonyl (C=O) groups excluding carboxylic acids is 1. The minimum absolute atomic E-state index is 0.131. The summed E-state index contributed by atoms with van der Waals surface area (Å²) in [7, 11) is -5.64. The molecule has 0 bridgehead atoms. The monoisotopic (exact) mass is 631 g/mol. The van der Waals surface area contributed by atoms with Crippen LogP contribution in [0.1, 0.15) is 12.6 Å². The number of nitrogens with zero attached hydrogens (tertiary/aromatic N) is 2. The van der Waals surface area contributed by atoms with Crippen LogP contribution in [-0.2, 0) is 28.1 Å². The number of aromatic nitrogens is 2. The van der Waals surface area contributed by atoms with Gasteiger partial charge in [-0.3, -0.25) is 0 Å². The molecule has 14 N–H and O–H groups in total. The van der Waals surface area contributed by atoms with Crippen molar-refractivity contribution in [3.05, 3.63) is 22.7 Å². The molecule has 0 saturated carbocycles. The second-order valence-corrected chi connectivity index (χ2v) is 11.1. The van der Waals surface area contributed by atoms with Crippen molar-refractivity contribution in [1.29, 1.82) is 0 Å². The SMILES string of the molecule is NCC(=O)N[C@H]1C([C@H](O)[C@H](O)CO)O[C@](O[PH](O)(O)OC[C@H]2O[C@@H](n3ccc(N)nc3=O)[C@@H](O)C2O)(C(=O)O)C[C@H]1O. The third kappa shape index (κ3) is 7.35. The van der Waals surface area contributed by atoms with Gasteiger partial charge in [0.1, 0.15) is 0 Å². The second-order valence-electron chi connectivity index (χ2n) is 9.50. The number of amides is 1. The van der Waals surface area contributed by atoms with E-state index in [1.165, 1.54) is 6.07 Å². The number of rotatable bonds is 12. The first-order valence-electron chi connectivity index (χ1n) is 12.3. The van der Waals surface area contributed by atoms with Crippen molar-refractivity contribution in [2.24, 2.45) is 5.73 Å². The first kappa shape index (κ1) is 34.0. The first-order valence-corrected chi connectivity index (χ1v) is 14.0. The summed E-state index contributed by atoms with van der Waals surface area (Å²) in [5.41, 5.74) is 9.71. The van der Waals surface area contributed by atoms with Crippen LogP contribution < -0.4 is 22.5 Å². The Bertz CT molecular complexity index is 1180. The standard InChI is InChI=1S/C20H34N5O16P/c21-4-11(29)24-12-7(27)3-20(18(33)34,40-16(12)13(30)8(28)5-26)41-42(36,37)38-6-9-14(31)15(32)17(39-9)25-2-1-10(22)23-19(25)35/h1-2,7-9,12-17,26-28,30-32,36-37,42H,3-6,21H2,(H,24,29)(H,33,34)(H2,22,23,35)/t7-,8-,9-,12-,13-,14?,15+,16?,17-,20-/m1/s1. The Morgan fingerprint density at radius 2 is 1.93 bits per heavy atom. The third-order valence-corrected chi connectivity index (χ3v) is 7.66. The van der Waals surface area contributed by atoms with Crippen molar-refractivity contribution >= 4 is 25.9 Å². The predicted molar refractivity (Wildman–Crippen MR) is 135 cm³/mol. The van der Waals surface area contributed by atoms with Gasteiger partial charge in [-0.1, -0.05) is 0 Å². The Kier molecular flexibility index (Phi) is 10.9. The van der Waals surface area contributed by atoms with Crippen molar-refractivity contribution in [2.45, 2.75) is 67.2 Å². The van der Waals surface area contributed by atoms with Gasteiger partial charge in [0.15, 0.2) is 0 Å². The van der Waals surface area contributed by atoms with Gasteiger partial charge in [-0.25, -0.2) is 0 Å². The maximum atomic E-state index is 12.2. The van der Waals surface area contributed by atoms with Crippen molar-refractivity contribution < 1.29 is 73.6 Å². The van der Waals surface area contributed by atoms with Crippen LogP contribution in [0.15, 0.2) is 17.1 Å². The van der Waals surface area contributed by atoms with Crippen molar-refractivity contribution in [3.63, 3.8) is 0 Å². The van der Waals surface area contributed by atoms with Gasteiger partial charge in [0.2, 0.25) is 0 Å². The average Bonchev–Trinajstić information content (AvgIpc) is 3.20. The van der Waals surface area contributed by atoms with Crippen LogP contribution in [-0.4, -0.2) is 141 Å². The number of carbonyl (C=O) groups is 2. The van der Waals surface area contributed by atoms with E-state index in [0.29, 0.717) is 0 Å². The van der Waals surface area contributed by atoms with E-state index in [0.717, 1.165) is 10.8 Å². The summed E-state index contributed by atoms with van der Waals surface area (Å²) in [4.78, 5) is 60.6. The predicted octanol–water partition coefficient (Wildman–Crippen LogP) is -7.04. The summed E-state index contributed by atoms with van der Waals surface area (Å²) >= 11 is 0. The van der Waals surface area contributed by atoms with E-state index in [-0.39, 0.29) is 5.82 Å². The van der Waals surface area contributed by atoms with Gasteiger partial charge in [-0.15, -0.1) is 0 Å². The van der Waals surface area contributed by atoms with Gasteiger partial charge in [-0.2, -0.15) is 0 Å². The van der Waals surface area contributed by atoms with Gasteiger partial charge < -0.3 is 0 Å². The molecule has 1 amide bonds. The molecule has 22 heteroatoms. The Morgan fingerprint density at radius 1 is 1.26 bits per heavy atom. The number of carboxylic acids is 1. The fourth-order valence-electron chi connectivity index (χ4n) is 4.39. The van der Waals surface area contributed by atoms with E-state index in [1.54, 1.807) is 0 Å². The summed E-state index contributed by atoms with van der Waals surface area (Å²) in [5.74, 6) is -6.24. The fraction of sp³-hybridized carbons (Fsp3) is 0.700. The Hall–Kier alpha value is -2.47. The molecular weight excluding hydrogens is 597 g/mol. The summed E-state index contributed by atoms with van der Waals surface area (Å²) in [6.07, 6.45) is -14.6. The number of aliphatic carboxylic acids is 1. The molecule has 2 unspecified atom stereocenters. The molecule has 0 radical (unpaired) electrons. The molecule has 0 aliphatic carbocycles. The fourth-order valence-corrected chi connectivity index (χ4v) is 5.48. The van der Waals surface area contributed by atoms with Crippen molar-refractivity contribution in [2.75, 3.05) is 25.5 Å². The normalized spacial score (nSPS) is 33.6. The number of aliphatic hydroxyl groups excluding tert-OH is 6. The number of carboxylic acid groups (broad SMARTS) is 1. The number of anilines is 1. The van der Waals surface area contributed by atoms with E-state index in [2.05, 4.69) is 10.3 Å². The van der Waals surface area contributed by atoms with Crippen molar-refractivity contribution in [3.8, 4) is 0 Å². The molecule has 42 heavy (non-hydrogen) atoms. The topological polar surface area (TPSA) is 352 Å². The number of hydrogen-bond acceptors (Lipinski definition) is 18. The Labute approximate surface area is 236 Å². The summed E-state index contributed by atoms with van der Waals surface area (Å²) < 4.78 is 21.3. The zero-order valence-corrected chi connectivity index (χ0v) is 22.6. The number of nitrogens with two attached hydrogens (primary N) is 2. The molecule has 1 aromatic heterocycles. The van der Waals surface area contributed by atoms with Crippen LogP contribution in [0.4, 0.5) is 5.82 Å². The van der Waals surface area contributed by atoms with Crippen LogP contribution in [0.2, 0.25) is 0 Å². The van der Waals surface area contributed by atoms with E-state index in [9.17, 15) is 59.9 Å². The molecule has 3 heterocycles. The van der Waals surface area contributed by atoms with E-state index in [4.69, 9.17) is 30.0 Å². The molecule has 2 saturated heterocycles. The second kappa shape index (κ2) is 13.4.